The molecule has 3 atom stereocenters. The summed E-state index contributed by atoms with van der Waals surface area (Å²) in [6.07, 6.45) is 0.891. The Morgan fingerprint density at radius 2 is 2.12 bits per heavy atom. The Hall–Kier alpha value is -1.10. The van der Waals surface area contributed by atoms with Crippen LogP contribution >= 0.6 is 0 Å². The summed E-state index contributed by atoms with van der Waals surface area (Å²) in [6, 6.07) is -0.347. The van der Waals surface area contributed by atoms with Crippen molar-refractivity contribution in [2.75, 3.05) is 20.1 Å². The normalized spacial score (nSPS) is 39.9. The number of likely N-dealkylation sites (tertiary alicyclic amines) is 1. The molecule has 5 heteroatoms. The van der Waals surface area contributed by atoms with Gasteiger partial charge in [-0.15, -0.1) is 0 Å². The predicted molar refractivity (Wildman–Crippen MR) is 59.8 cm³/mol. The van der Waals surface area contributed by atoms with Crippen molar-refractivity contribution in [3.8, 4) is 0 Å². The molecule has 0 aromatic carbocycles. The molecule has 0 aromatic rings. The summed E-state index contributed by atoms with van der Waals surface area (Å²) in [5.74, 6) is 0.181. The topological polar surface area (TPSA) is 61.4 Å². The van der Waals surface area contributed by atoms with Crippen LogP contribution in [0.25, 0.3) is 0 Å². The highest BCUT2D eigenvalue weighted by Crippen LogP contribution is 2.36. The lowest BCUT2D eigenvalue weighted by Gasteiger charge is -2.46. The molecule has 2 fully saturated rings. The van der Waals surface area contributed by atoms with Gasteiger partial charge >= 0.3 is 6.03 Å². The second-order valence-corrected chi connectivity index (χ2v) is 5.00. The van der Waals surface area contributed by atoms with Gasteiger partial charge in [-0.1, -0.05) is 13.8 Å². The van der Waals surface area contributed by atoms with Gasteiger partial charge in [0.1, 0.15) is 5.54 Å². The maximum atomic E-state index is 12.0. The molecule has 0 aliphatic carbocycles. The average Bonchev–Trinajstić information content (AvgIpc) is 2.49. The van der Waals surface area contributed by atoms with Gasteiger partial charge in [-0.25, -0.2) is 4.79 Å². The van der Waals surface area contributed by atoms with E-state index in [-0.39, 0.29) is 23.8 Å². The number of hydrogen-bond donors (Lipinski definition) is 2. The standard InChI is InChI=1S/C11H19N3O2/c1-4-8-6-14(3)5-7(2)11(8)9(15)12-10(16)13-11/h7-8H,4-6H2,1-3H3,(H2,12,13,15,16)/t7-,8+,11?/m0/s1. The third-order valence-electron chi connectivity index (χ3n) is 3.95. The molecule has 3 amide bonds. The molecule has 1 spiro atoms. The van der Waals surface area contributed by atoms with Crippen molar-refractivity contribution in [3.63, 3.8) is 0 Å². The maximum Gasteiger partial charge on any atom is 0.322 e. The Bertz CT molecular complexity index is 331. The second-order valence-electron chi connectivity index (χ2n) is 5.00. The van der Waals surface area contributed by atoms with E-state index in [9.17, 15) is 9.59 Å². The number of hydrogen-bond acceptors (Lipinski definition) is 3. The van der Waals surface area contributed by atoms with E-state index in [2.05, 4.69) is 29.5 Å². The van der Waals surface area contributed by atoms with Gasteiger partial charge in [-0.3, -0.25) is 10.1 Å². The van der Waals surface area contributed by atoms with E-state index in [1.165, 1.54) is 0 Å². The summed E-state index contributed by atoms with van der Waals surface area (Å²) in [5, 5.41) is 5.24. The van der Waals surface area contributed by atoms with Gasteiger partial charge < -0.3 is 10.2 Å². The van der Waals surface area contributed by atoms with Crippen molar-refractivity contribution in [2.24, 2.45) is 11.8 Å². The molecule has 2 rings (SSSR count). The fourth-order valence-electron chi connectivity index (χ4n) is 3.18. The number of amides is 3. The summed E-state index contributed by atoms with van der Waals surface area (Å²) < 4.78 is 0. The molecule has 0 bridgehead atoms. The van der Waals surface area contributed by atoms with Gasteiger partial charge in [-0.2, -0.15) is 0 Å². The summed E-state index contributed by atoms with van der Waals surface area (Å²) >= 11 is 0. The van der Waals surface area contributed by atoms with E-state index < -0.39 is 5.54 Å². The number of piperidine rings is 1. The van der Waals surface area contributed by atoms with Crippen molar-refractivity contribution in [2.45, 2.75) is 25.8 Å². The molecular formula is C11H19N3O2. The molecule has 2 saturated heterocycles. The zero-order valence-electron chi connectivity index (χ0n) is 10.0. The van der Waals surface area contributed by atoms with Crippen LogP contribution < -0.4 is 10.6 Å². The van der Waals surface area contributed by atoms with Crippen LogP contribution in [0.4, 0.5) is 4.79 Å². The Morgan fingerprint density at radius 3 is 2.62 bits per heavy atom. The van der Waals surface area contributed by atoms with Crippen LogP contribution in [0.1, 0.15) is 20.3 Å². The lowest BCUT2D eigenvalue weighted by Crippen LogP contribution is -2.65. The number of rotatable bonds is 1. The van der Waals surface area contributed by atoms with Crippen molar-refractivity contribution in [3.05, 3.63) is 0 Å². The van der Waals surface area contributed by atoms with Gasteiger partial charge in [0.15, 0.2) is 0 Å². The number of carbonyl (C=O) groups excluding carboxylic acids is 2. The predicted octanol–water partition coefficient (Wildman–Crippen LogP) is 0.172. The van der Waals surface area contributed by atoms with Gasteiger partial charge in [-0.05, 0) is 13.5 Å². The smallest absolute Gasteiger partial charge is 0.322 e. The third-order valence-corrected chi connectivity index (χ3v) is 3.95. The van der Waals surface area contributed by atoms with E-state index >= 15 is 0 Å². The minimum atomic E-state index is -0.682. The lowest BCUT2D eigenvalue weighted by molar-refractivity contribution is -0.131. The zero-order valence-corrected chi connectivity index (χ0v) is 10.0. The maximum absolute atomic E-state index is 12.0. The lowest BCUT2D eigenvalue weighted by atomic mass is 9.70. The fraction of sp³-hybridized carbons (Fsp3) is 0.818. The Kier molecular flexibility index (Phi) is 2.66. The molecule has 2 N–H and O–H groups in total. The van der Waals surface area contributed by atoms with Crippen molar-refractivity contribution in [1.82, 2.24) is 15.5 Å². The Balaban J connectivity index is 2.35. The molecule has 2 aliphatic rings. The average molecular weight is 225 g/mol. The second kappa shape index (κ2) is 3.73. The van der Waals surface area contributed by atoms with Gasteiger partial charge in [0.25, 0.3) is 5.91 Å². The Morgan fingerprint density at radius 1 is 1.44 bits per heavy atom. The minimum Gasteiger partial charge on any atom is -0.323 e. The van der Waals surface area contributed by atoms with E-state index in [1.807, 2.05) is 6.92 Å². The first kappa shape index (κ1) is 11.4. The van der Waals surface area contributed by atoms with Crippen LogP contribution in [-0.4, -0.2) is 42.5 Å². The highest BCUT2D eigenvalue weighted by atomic mass is 16.2. The molecule has 16 heavy (non-hydrogen) atoms. The minimum absolute atomic E-state index is 0.141. The van der Waals surface area contributed by atoms with Gasteiger partial charge in [0, 0.05) is 24.9 Å². The quantitative estimate of drug-likeness (QED) is 0.625. The molecule has 5 nitrogen and oxygen atoms in total. The number of nitrogens with one attached hydrogen (secondary N) is 2. The molecule has 1 unspecified atom stereocenters. The van der Waals surface area contributed by atoms with Crippen LogP contribution in [0.3, 0.4) is 0 Å². The molecular weight excluding hydrogens is 206 g/mol. The molecule has 2 aliphatic heterocycles. The van der Waals surface area contributed by atoms with Crippen LogP contribution in [0.2, 0.25) is 0 Å². The summed E-state index contributed by atoms with van der Waals surface area (Å²) in [4.78, 5) is 25.6. The number of carbonyl (C=O) groups is 2. The van der Waals surface area contributed by atoms with E-state index in [1.54, 1.807) is 0 Å². The van der Waals surface area contributed by atoms with Crippen LogP contribution in [-0.2, 0) is 4.79 Å². The van der Waals surface area contributed by atoms with E-state index in [0.29, 0.717) is 0 Å². The number of urea groups is 1. The highest BCUT2D eigenvalue weighted by molar-refractivity contribution is 6.07. The fourth-order valence-corrected chi connectivity index (χ4v) is 3.18. The summed E-state index contributed by atoms with van der Waals surface area (Å²) in [7, 11) is 2.06. The molecule has 0 radical (unpaired) electrons. The van der Waals surface area contributed by atoms with Crippen LogP contribution in [0.15, 0.2) is 0 Å². The largest absolute Gasteiger partial charge is 0.323 e. The van der Waals surface area contributed by atoms with E-state index in [0.717, 1.165) is 19.5 Å². The number of nitrogens with zero attached hydrogens (tertiary/aromatic N) is 1. The molecule has 0 aromatic heterocycles. The third kappa shape index (κ3) is 1.42. The van der Waals surface area contributed by atoms with Crippen molar-refractivity contribution < 1.29 is 9.59 Å². The zero-order chi connectivity index (χ0) is 11.9. The molecule has 90 valence electrons. The van der Waals surface area contributed by atoms with E-state index in [4.69, 9.17) is 0 Å². The number of imide groups is 1. The van der Waals surface area contributed by atoms with Crippen LogP contribution in [0.5, 0.6) is 0 Å². The SMILES string of the molecule is CC[C@@H]1CN(C)C[C@H](C)C12NC(=O)NC2=O. The summed E-state index contributed by atoms with van der Waals surface area (Å²) in [5.41, 5.74) is -0.682. The molecule has 0 saturated carbocycles. The summed E-state index contributed by atoms with van der Waals surface area (Å²) in [6.45, 7) is 5.79. The first-order chi connectivity index (χ1) is 7.50. The molecule has 2 heterocycles. The van der Waals surface area contributed by atoms with Crippen molar-refractivity contribution >= 4 is 11.9 Å². The first-order valence-electron chi connectivity index (χ1n) is 5.82. The Labute approximate surface area is 95.6 Å². The monoisotopic (exact) mass is 225 g/mol. The van der Waals surface area contributed by atoms with Gasteiger partial charge in [0.05, 0.1) is 0 Å². The van der Waals surface area contributed by atoms with Crippen molar-refractivity contribution in [1.29, 1.82) is 0 Å². The first-order valence-corrected chi connectivity index (χ1v) is 5.82. The van der Waals surface area contributed by atoms with Gasteiger partial charge in [0.2, 0.25) is 0 Å². The highest BCUT2D eigenvalue weighted by Gasteiger charge is 2.56. The van der Waals surface area contributed by atoms with Crippen LogP contribution in [0, 0.1) is 11.8 Å².